The molecule has 1 aliphatic heterocycles. The third-order valence-electron chi connectivity index (χ3n) is 4.88. The van der Waals surface area contributed by atoms with Crippen LogP contribution in [-0.2, 0) is 10.5 Å². The largest absolute Gasteiger partial charge is 0.489 e. The lowest BCUT2D eigenvalue weighted by Crippen LogP contribution is -2.26. The number of aromatic nitrogens is 2. The molecule has 1 fully saturated rings. The molecular formula is C23H22N4O2S. The predicted molar refractivity (Wildman–Crippen MR) is 119 cm³/mol. The highest BCUT2D eigenvalue weighted by Gasteiger charge is 2.17. The molecule has 2 heterocycles. The van der Waals surface area contributed by atoms with Gasteiger partial charge in [-0.25, -0.2) is 9.97 Å². The quantitative estimate of drug-likeness (QED) is 0.563. The van der Waals surface area contributed by atoms with Crippen molar-refractivity contribution in [2.24, 2.45) is 0 Å². The Bertz CT molecular complexity index is 1060. The average molecular weight is 419 g/mol. The van der Waals surface area contributed by atoms with E-state index in [0.717, 1.165) is 35.3 Å². The lowest BCUT2D eigenvalue weighted by atomic mass is 10.1. The van der Waals surface area contributed by atoms with Crippen molar-refractivity contribution in [2.75, 3.05) is 18.5 Å². The molecule has 6 nitrogen and oxygen atoms in total. The summed E-state index contributed by atoms with van der Waals surface area (Å²) in [7, 11) is 0. The van der Waals surface area contributed by atoms with E-state index in [1.54, 1.807) is 6.20 Å². The summed E-state index contributed by atoms with van der Waals surface area (Å²) in [6.45, 7) is 1.39. The molecule has 0 spiro atoms. The van der Waals surface area contributed by atoms with Gasteiger partial charge < -0.3 is 14.8 Å². The van der Waals surface area contributed by atoms with E-state index in [-0.39, 0.29) is 6.10 Å². The summed E-state index contributed by atoms with van der Waals surface area (Å²) >= 11 is 4.31. The summed E-state index contributed by atoms with van der Waals surface area (Å²) in [4.78, 5) is 8.92. The van der Waals surface area contributed by atoms with Crippen LogP contribution in [0.4, 0.5) is 11.6 Å². The Morgan fingerprint density at radius 1 is 1.17 bits per heavy atom. The van der Waals surface area contributed by atoms with Crippen LogP contribution in [-0.4, -0.2) is 29.3 Å². The Kier molecular flexibility index (Phi) is 6.47. The van der Waals surface area contributed by atoms with Crippen LogP contribution >= 0.6 is 12.6 Å². The molecule has 3 aromatic rings. The van der Waals surface area contributed by atoms with E-state index in [4.69, 9.17) is 9.47 Å². The maximum Gasteiger partial charge on any atom is 0.227 e. The molecule has 1 N–H and O–H groups in total. The van der Waals surface area contributed by atoms with E-state index < -0.39 is 0 Å². The molecule has 30 heavy (non-hydrogen) atoms. The van der Waals surface area contributed by atoms with Gasteiger partial charge >= 0.3 is 0 Å². The second kappa shape index (κ2) is 9.61. The van der Waals surface area contributed by atoms with Crippen LogP contribution in [0.3, 0.4) is 0 Å². The zero-order chi connectivity index (χ0) is 20.8. The minimum atomic E-state index is 0.0829. The molecule has 7 heteroatoms. The van der Waals surface area contributed by atoms with Gasteiger partial charge in [-0.15, -0.1) is 0 Å². The van der Waals surface area contributed by atoms with Gasteiger partial charge in [0.1, 0.15) is 17.9 Å². The van der Waals surface area contributed by atoms with E-state index in [0.29, 0.717) is 36.2 Å². The first-order chi connectivity index (χ1) is 14.7. The minimum Gasteiger partial charge on any atom is -0.489 e. The lowest BCUT2D eigenvalue weighted by molar-refractivity contribution is 0.0254. The number of ether oxygens (including phenoxy) is 2. The number of rotatable bonds is 6. The van der Waals surface area contributed by atoms with Gasteiger partial charge in [-0.3, -0.25) is 0 Å². The van der Waals surface area contributed by atoms with Crippen molar-refractivity contribution in [1.82, 2.24) is 9.97 Å². The number of anilines is 2. The zero-order valence-electron chi connectivity index (χ0n) is 16.4. The van der Waals surface area contributed by atoms with E-state index in [1.807, 2.05) is 48.5 Å². The first-order valence-electron chi connectivity index (χ1n) is 9.84. The number of benzene rings is 2. The standard InChI is InChI=1S/C23H22N4O2S/c24-14-18-13-17(4-5-22(18)29-20-7-10-28-11-8-20)21-6-9-25-23(27-21)26-19-3-1-2-16(12-19)15-30/h1-6,9,12-13,20,30H,7-8,10-11,15H2,(H,25,26,27). The fourth-order valence-corrected chi connectivity index (χ4v) is 3.51. The Labute approximate surface area is 181 Å². The number of nitriles is 1. The molecule has 1 saturated heterocycles. The fraction of sp³-hybridized carbons (Fsp3) is 0.261. The number of hydrogen-bond donors (Lipinski definition) is 2. The van der Waals surface area contributed by atoms with Crippen LogP contribution in [0, 0.1) is 11.3 Å². The molecule has 0 unspecified atom stereocenters. The molecule has 0 amide bonds. The predicted octanol–water partition coefficient (Wildman–Crippen LogP) is 4.75. The molecule has 0 bridgehead atoms. The summed E-state index contributed by atoms with van der Waals surface area (Å²) in [5, 5.41) is 12.8. The van der Waals surface area contributed by atoms with Crippen LogP contribution in [0.2, 0.25) is 0 Å². The number of nitrogens with one attached hydrogen (secondary N) is 1. The molecule has 152 valence electrons. The number of hydrogen-bond acceptors (Lipinski definition) is 7. The van der Waals surface area contributed by atoms with Crippen molar-refractivity contribution in [3.63, 3.8) is 0 Å². The van der Waals surface area contributed by atoms with Gasteiger partial charge in [0.15, 0.2) is 0 Å². The van der Waals surface area contributed by atoms with Gasteiger partial charge in [0, 0.05) is 36.0 Å². The molecule has 0 radical (unpaired) electrons. The minimum absolute atomic E-state index is 0.0829. The second-order valence-corrected chi connectivity index (χ2v) is 7.32. The van der Waals surface area contributed by atoms with Gasteiger partial charge in [0.2, 0.25) is 5.95 Å². The Morgan fingerprint density at radius 3 is 2.83 bits per heavy atom. The first-order valence-corrected chi connectivity index (χ1v) is 10.5. The summed E-state index contributed by atoms with van der Waals surface area (Å²) in [6.07, 6.45) is 3.45. The van der Waals surface area contributed by atoms with Crippen molar-refractivity contribution in [1.29, 1.82) is 5.26 Å². The van der Waals surface area contributed by atoms with Crippen molar-refractivity contribution in [3.8, 4) is 23.1 Å². The third-order valence-corrected chi connectivity index (χ3v) is 5.24. The van der Waals surface area contributed by atoms with E-state index in [9.17, 15) is 5.26 Å². The van der Waals surface area contributed by atoms with Crippen molar-refractivity contribution in [2.45, 2.75) is 24.7 Å². The Balaban J connectivity index is 1.54. The van der Waals surface area contributed by atoms with Crippen molar-refractivity contribution in [3.05, 3.63) is 65.9 Å². The van der Waals surface area contributed by atoms with Crippen molar-refractivity contribution < 1.29 is 9.47 Å². The van der Waals surface area contributed by atoms with Crippen LogP contribution in [0.5, 0.6) is 5.75 Å². The van der Waals surface area contributed by atoms with Gasteiger partial charge in [0.25, 0.3) is 0 Å². The molecule has 4 rings (SSSR count). The molecule has 0 saturated carbocycles. The third kappa shape index (κ3) is 4.90. The molecular weight excluding hydrogens is 396 g/mol. The molecule has 1 aromatic heterocycles. The maximum atomic E-state index is 9.61. The monoisotopic (exact) mass is 418 g/mol. The van der Waals surface area contributed by atoms with E-state index >= 15 is 0 Å². The Morgan fingerprint density at radius 2 is 2.03 bits per heavy atom. The number of nitrogens with zero attached hydrogens (tertiary/aromatic N) is 3. The molecule has 0 aliphatic carbocycles. The molecule has 1 aliphatic rings. The summed E-state index contributed by atoms with van der Waals surface area (Å²) in [5.41, 5.74) is 4.07. The summed E-state index contributed by atoms with van der Waals surface area (Å²) in [6, 6.07) is 17.6. The highest BCUT2D eigenvalue weighted by molar-refractivity contribution is 7.79. The van der Waals surface area contributed by atoms with Gasteiger partial charge in [-0.1, -0.05) is 12.1 Å². The maximum absolute atomic E-state index is 9.61. The van der Waals surface area contributed by atoms with Gasteiger partial charge in [0.05, 0.1) is 24.5 Å². The van der Waals surface area contributed by atoms with Crippen molar-refractivity contribution >= 4 is 24.3 Å². The normalized spacial score (nSPS) is 14.1. The second-order valence-electron chi connectivity index (χ2n) is 7.00. The lowest BCUT2D eigenvalue weighted by Gasteiger charge is -2.23. The summed E-state index contributed by atoms with van der Waals surface area (Å²) in [5.74, 6) is 1.75. The Hall–Kier alpha value is -3.08. The van der Waals surface area contributed by atoms with E-state index in [2.05, 4.69) is 34.0 Å². The van der Waals surface area contributed by atoms with Gasteiger partial charge in [-0.05, 0) is 42.0 Å². The first kappa shape index (κ1) is 20.2. The van der Waals surface area contributed by atoms with Crippen LogP contribution < -0.4 is 10.1 Å². The zero-order valence-corrected chi connectivity index (χ0v) is 17.3. The smallest absolute Gasteiger partial charge is 0.227 e. The summed E-state index contributed by atoms with van der Waals surface area (Å²) < 4.78 is 11.4. The van der Waals surface area contributed by atoms with Gasteiger partial charge in [-0.2, -0.15) is 17.9 Å². The van der Waals surface area contributed by atoms with E-state index in [1.165, 1.54) is 0 Å². The van der Waals surface area contributed by atoms with Crippen LogP contribution in [0.25, 0.3) is 11.3 Å². The van der Waals surface area contributed by atoms with Crippen LogP contribution in [0.15, 0.2) is 54.7 Å². The highest BCUT2D eigenvalue weighted by Crippen LogP contribution is 2.28. The average Bonchev–Trinajstić information content (AvgIpc) is 2.80. The fourth-order valence-electron chi connectivity index (χ4n) is 3.31. The molecule has 2 aromatic carbocycles. The van der Waals surface area contributed by atoms with Crippen LogP contribution in [0.1, 0.15) is 24.0 Å². The number of thiol groups is 1. The highest BCUT2D eigenvalue weighted by atomic mass is 32.1. The SMILES string of the molecule is N#Cc1cc(-c2ccnc(Nc3cccc(CS)c3)n2)ccc1OC1CCOCC1. The molecule has 0 atom stereocenters. The topological polar surface area (TPSA) is 80.1 Å².